The number of nitrogens with zero attached hydrogens (tertiary/aromatic N) is 2. The van der Waals surface area contributed by atoms with Gasteiger partial charge in [-0.05, 0) is 42.9 Å². The van der Waals surface area contributed by atoms with Gasteiger partial charge in [-0.1, -0.05) is 30.0 Å². The van der Waals surface area contributed by atoms with Gasteiger partial charge in [-0.25, -0.2) is 0 Å². The SMILES string of the molecule is CCSc1nnc(NC(=O)c2ccc(OCC3CCCO3)cc2)s1. The van der Waals surface area contributed by atoms with Crippen LogP contribution in [0.25, 0.3) is 0 Å². The molecule has 1 amide bonds. The number of aromatic nitrogens is 2. The summed E-state index contributed by atoms with van der Waals surface area (Å²) in [7, 11) is 0. The van der Waals surface area contributed by atoms with Crippen molar-refractivity contribution in [3.8, 4) is 5.75 Å². The van der Waals surface area contributed by atoms with Crippen LogP contribution in [0.3, 0.4) is 0 Å². The zero-order valence-electron chi connectivity index (χ0n) is 13.4. The Hall–Kier alpha value is -1.64. The maximum absolute atomic E-state index is 12.2. The van der Waals surface area contributed by atoms with E-state index in [1.54, 1.807) is 36.0 Å². The van der Waals surface area contributed by atoms with Crippen LogP contribution in [0.5, 0.6) is 5.75 Å². The Morgan fingerprint density at radius 2 is 2.25 bits per heavy atom. The summed E-state index contributed by atoms with van der Waals surface area (Å²) in [6.07, 6.45) is 2.32. The van der Waals surface area contributed by atoms with Crippen LogP contribution >= 0.6 is 23.1 Å². The summed E-state index contributed by atoms with van der Waals surface area (Å²) in [5.41, 5.74) is 0.555. The highest BCUT2D eigenvalue weighted by atomic mass is 32.2. The molecular weight excluding hydrogens is 346 g/mol. The number of hydrogen-bond acceptors (Lipinski definition) is 7. The van der Waals surface area contributed by atoms with E-state index in [2.05, 4.69) is 15.5 Å². The first-order chi connectivity index (χ1) is 11.7. The van der Waals surface area contributed by atoms with Crippen molar-refractivity contribution in [2.75, 3.05) is 24.3 Å². The van der Waals surface area contributed by atoms with Crippen molar-refractivity contribution in [1.82, 2.24) is 10.2 Å². The van der Waals surface area contributed by atoms with Crippen LogP contribution in [0.4, 0.5) is 5.13 Å². The van der Waals surface area contributed by atoms with Crippen LogP contribution in [0.1, 0.15) is 30.1 Å². The number of amides is 1. The van der Waals surface area contributed by atoms with Crippen molar-refractivity contribution < 1.29 is 14.3 Å². The van der Waals surface area contributed by atoms with Gasteiger partial charge in [0.2, 0.25) is 5.13 Å². The van der Waals surface area contributed by atoms with E-state index in [4.69, 9.17) is 9.47 Å². The van der Waals surface area contributed by atoms with Gasteiger partial charge in [-0.2, -0.15) is 0 Å². The molecule has 1 atom stereocenters. The molecule has 2 heterocycles. The van der Waals surface area contributed by atoms with Crippen molar-refractivity contribution >= 4 is 34.1 Å². The fourth-order valence-electron chi connectivity index (χ4n) is 2.28. The third-order valence-corrected chi connectivity index (χ3v) is 5.33. The number of nitrogens with one attached hydrogen (secondary N) is 1. The molecule has 0 bridgehead atoms. The molecule has 0 saturated carbocycles. The zero-order valence-corrected chi connectivity index (χ0v) is 15.0. The van der Waals surface area contributed by atoms with Gasteiger partial charge in [0.1, 0.15) is 12.4 Å². The predicted molar refractivity (Wildman–Crippen MR) is 95.2 cm³/mol. The topological polar surface area (TPSA) is 73.3 Å². The minimum Gasteiger partial charge on any atom is -0.491 e. The number of hydrogen-bond donors (Lipinski definition) is 1. The number of carbonyl (C=O) groups is 1. The number of rotatable bonds is 7. The second-order valence-electron chi connectivity index (χ2n) is 5.23. The summed E-state index contributed by atoms with van der Waals surface area (Å²) < 4.78 is 12.1. The Morgan fingerprint density at radius 1 is 1.42 bits per heavy atom. The summed E-state index contributed by atoms with van der Waals surface area (Å²) in [6.45, 7) is 3.41. The number of carbonyl (C=O) groups excluding carboxylic acids is 1. The summed E-state index contributed by atoms with van der Waals surface area (Å²) >= 11 is 2.98. The molecule has 1 fully saturated rings. The van der Waals surface area contributed by atoms with Gasteiger partial charge in [0.05, 0.1) is 6.10 Å². The second-order valence-corrected chi connectivity index (χ2v) is 7.72. The molecule has 3 rings (SSSR count). The molecule has 1 aliphatic heterocycles. The molecule has 1 aliphatic rings. The second kappa shape index (κ2) is 8.46. The lowest BCUT2D eigenvalue weighted by atomic mass is 10.2. The third kappa shape index (κ3) is 4.68. The van der Waals surface area contributed by atoms with E-state index in [-0.39, 0.29) is 12.0 Å². The van der Waals surface area contributed by atoms with Crippen LogP contribution in [-0.2, 0) is 4.74 Å². The monoisotopic (exact) mass is 365 g/mol. The minimum absolute atomic E-state index is 0.181. The molecule has 24 heavy (non-hydrogen) atoms. The number of ether oxygens (including phenoxy) is 2. The zero-order chi connectivity index (χ0) is 16.8. The molecule has 1 aromatic carbocycles. The van der Waals surface area contributed by atoms with Crippen LogP contribution < -0.4 is 10.1 Å². The maximum Gasteiger partial charge on any atom is 0.257 e. The molecule has 8 heteroatoms. The van der Waals surface area contributed by atoms with Gasteiger partial charge in [0.25, 0.3) is 5.91 Å². The van der Waals surface area contributed by atoms with Crippen LogP contribution in [-0.4, -0.2) is 41.2 Å². The average Bonchev–Trinajstić information content (AvgIpc) is 3.26. The highest BCUT2D eigenvalue weighted by Gasteiger charge is 2.16. The van der Waals surface area contributed by atoms with E-state index < -0.39 is 0 Å². The molecule has 0 radical (unpaired) electrons. The molecular formula is C16H19N3O3S2. The van der Waals surface area contributed by atoms with Gasteiger partial charge in [0, 0.05) is 12.2 Å². The first-order valence-corrected chi connectivity index (χ1v) is 9.67. The molecule has 128 valence electrons. The van der Waals surface area contributed by atoms with Crippen molar-refractivity contribution in [3.63, 3.8) is 0 Å². The molecule has 2 aromatic rings. The molecule has 6 nitrogen and oxygen atoms in total. The van der Waals surface area contributed by atoms with E-state index in [0.29, 0.717) is 17.3 Å². The van der Waals surface area contributed by atoms with Crippen LogP contribution in [0.15, 0.2) is 28.6 Å². The summed E-state index contributed by atoms with van der Waals surface area (Å²) in [5.74, 6) is 1.46. The predicted octanol–water partition coefficient (Wildman–Crippen LogP) is 3.46. The smallest absolute Gasteiger partial charge is 0.257 e. The molecule has 0 spiro atoms. The van der Waals surface area contributed by atoms with Crippen molar-refractivity contribution in [2.24, 2.45) is 0 Å². The lowest BCUT2D eigenvalue weighted by molar-refractivity contribution is 0.0679. The Kier molecular flexibility index (Phi) is 6.06. The Labute approximate surface area is 149 Å². The third-order valence-electron chi connectivity index (χ3n) is 3.47. The van der Waals surface area contributed by atoms with E-state index in [1.165, 1.54) is 11.3 Å². The Bertz CT molecular complexity index is 669. The summed E-state index contributed by atoms with van der Waals surface area (Å²) in [5, 5.41) is 11.3. The molecule has 0 aliphatic carbocycles. The normalized spacial score (nSPS) is 17.0. The fraction of sp³-hybridized carbons (Fsp3) is 0.438. The quantitative estimate of drug-likeness (QED) is 0.598. The van der Waals surface area contributed by atoms with E-state index in [0.717, 1.165) is 35.3 Å². The fourth-order valence-corrected chi connectivity index (χ4v) is 3.92. The first-order valence-electron chi connectivity index (χ1n) is 7.86. The highest BCUT2D eigenvalue weighted by Crippen LogP contribution is 2.25. The van der Waals surface area contributed by atoms with Gasteiger partial charge in [-0.15, -0.1) is 10.2 Å². The lowest BCUT2D eigenvalue weighted by Crippen LogP contribution is -2.16. The Morgan fingerprint density at radius 3 is 2.96 bits per heavy atom. The Balaban J connectivity index is 1.52. The first kappa shape index (κ1) is 17.2. The van der Waals surface area contributed by atoms with E-state index in [9.17, 15) is 4.79 Å². The minimum atomic E-state index is -0.204. The number of anilines is 1. The van der Waals surface area contributed by atoms with Crippen LogP contribution in [0.2, 0.25) is 0 Å². The summed E-state index contributed by atoms with van der Waals surface area (Å²) in [4.78, 5) is 12.2. The molecule has 1 aromatic heterocycles. The van der Waals surface area contributed by atoms with Crippen LogP contribution in [0, 0.1) is 0 Å². The van der Waals surface area contributed by atoms with Crippen molar-refractivity contribution in [3.05, 3.63) is 29.8 Å². The average molecular weight is 365 g/mol. The maximum atomic E-state index is 12.2. The van der Waals surface area contributed by atoms with Gasteiger partial charge in [-0.3, -0.25) is 10.1 Å². The lowest BCUT2D eigenvalue weighted by Gasteiger charge is -2.11. The van der Waals surface area contributed by atoms with Gasteiger partial charge < -0.3 is 9.47 Å². The molecule has 1 N–H and O–H groups in total. The number of benzene rings is 1. The summed E-state index contributed by atoms with van der Waals surface area (Å²) in [6, 6.07) is 7.07. The largest absolute Gasteiger partial charge is 0.491 e. The molecule has 1 saturated heterocycles. The van der Waals surface area contributed by atoms with Crippen molar-refractivity contribution in [1.29, 1.82) is 0 Å². The van der Waals surface area contributed by atoms with E-state index >= 15 is 0 Å². The standard InChI is InChI=1S/C16H19N3O3S2/c1-2-23-16-19-18-15(24-16)17-14(20)11-5-7-12(8-6-11)22-10-13-4-3-9-21-13/h5-8,13H,2-4,9-10H2,1H3,(H,17,18,20). The number of thioether (sulfide) groups is 1. The van der Waals surface area contributed by atoms with Gasteiger partial charge in [0.15, 0.2) is 4.34 Å². The van der Waals surface area contributed by atoms with Crippen molar-refractivity contribution in [2.45, 2.75) is 30.2 Å². The van der Waals surface area contributed by atoms with E-state index in [1.807, 2.05) is 6.92 Å². The molecule has 1 unspecified atom stereocenters. The highest BCUT2D eigenvalue weighted by molar-refractivity contribution is 8.01. The van der Waals surface area contributed by atoms with Gasteiger partial charge >= 0.3 is 0 Å².